The number of carbonyl (C=O) groups is 6. The van der Waals surface area contributed by atoms with Crippen LogP contribution in [-0.4, -0.2) is 168 Å². The third-order valence-electron chi connectivity index (χ3n) is 24.0. The molecule has 4 N–H and O–H groups in total. The second-order valence-corrected chi connectivity index (χ2v) is 34.5. The second-order valence-electron chi connectivity index (χ2n) is 34.5. The number of carboxylic acid groups (broad SMARTS) is 1. The summed E-state index contributed by atoms with van der Waals surface area (Å²) >= 11 is 0. The van der Waals surface area contributed by atoms with E-state index in [1.807, 2.05) is 79.5 Å². The zero-order chi connectivity index (χ0) is 78.6. The van der Waals surface area contributed by atoms with Crippen LogP contribution in [-0.2, 0) is 59.0 Å². The molecule has 0 bridgehead atoms. The zero-order valence-corrected chi connectivity index (χ0v) is 69.8. The van der Waals surface area contributed by atoms with Crippen LogP contribution >= 0.6 is 0 Å². The molecule has 2 aromatic rings. The highest BCUT2D eigenvalue weighted by molar-refractivity contribution is 5.92. The van der Waals surface area contributed by atoms with Gasteiger partial charge in [-0.3, -0.25) is 28.8 Å². The quantitative estimate of drug-likeness (QED) is 0.0856. The number of aliphatic hydroxyl groups excluding tert-OH is 1. The smallest absolute Gasteiger partial charge is 0.306 e. The topological polar surface area (TPSA) is 223 Å². The van der Waals surface area contributed by atoms with Crippen molar-refractivity contribution in [2.75, 3.05) is 101 Å². The van der Waals surface area contributed by atoms with Gasteiger partial charge in [-0.05, 0) is 257 Å². The van der Waals surface area contributed by atoms with Crippen LogP contribution in [0.3, 0.4) is 0 Å². The van der Waals surface area contributed by atoms with E-state index in [0.717, 1.165) is 158 Å². The van der Waals surface area contributed by atoms with Gasteiger partial charge in [0.25, 0.3) is 0 Å². The fourth-order valence-electron chi connectivity index (χ4n) is 17.0. The highest BCUT2D eigenvalue weighted by Gasteiger charge is 2.34. The number of benzene rings is 2. The maximum Gasteiger partial charge on any atom is 0.306 e. The molecule has 107 heavy (non-hydrogen) atoms. The van der Waals surface area contributed by atoms with E-state index in [2.05, 4.69) is 85.1 Å². The monoisotopic (exact) mass is 1500 g/mol. The Balaban J connectivity index is 0.000000257. The Kier molecular flexibility index (Phi) is 47.5. The van der Waals surface area contributed by atoms with E-state index in [4.69, 9.17) is 33.9 Å². The molecule has 0 aromatic heterocycles. The summed E-state index contributed by atoms with van der Waals surface area (Å²) in [5.74, 6) is 9.79. The number of carbonyl (C=O) groups excluding carboxylic acids is 5. The van der Waals surface area contributed by atoms with Crippen molar-refractivity contribution >= 4 is 41.2 Å². The van der Waals surface area contributed by atoms with Gasteiger partial charge in [-0.2, -0.15) is 0 Å². The molecule has 1 aliphatic heterocycles. The molecule has 10 fully saturated rings. The zero-order valence-electron chi connectivity index (χ0n) is 69.8. The number of ether oxygens (including phenoxy) is 5. The Hall–Kier alpha value is -4.98. The number of para-hydroxylation sites is 1. The number of amides is 5. The van der Waals surface area contributed by atoms with Crippen LogP contribution in [0.1, 0.15) is 254 Å². The van der Waals surface area contributed by atoms with Crippen molar-refractivity contribution in [3.05, 3.63) is 66.2 Å². The van der Waals surface area contributed by atoms with Crippen molar-refractivity contribution < 1.29 is 62.7 Å². The normalized spacial score (nSPS) is 30.3. The molecular weight excluding hydrogens is 1350 g/mol. The molecule has 18 heteroatoms. The van der Waals surface area contributed by atoms with Crippen LogP contribution in [0.5, 0.6) is 0 Å². The molecule has 18 nitrogen and oxygen atoms in total. The van der Waals surface area contributed by atoms with Gasteiger partial charge < -0.3 is 59.2 Å². The Morgan fingerprint density at radius 2 is 0.860 bits per heavy atom. The summed E-state index contributed by atoms with van der Waals surface area (Å²) in [5, 5.41) is 22.9. The molecule has 612 valence electrons. The first-order chi connectivity index (χ1) is 51.2. The number of aliphatic hydroxyl groups is 1. The van der Waals surface area contributed by atoms with E-state index in [1.54, 1.807) is 26.2 Å². The lowest BCUT2D eigenvalue weighted by atomic mass is 9.89. The average molecular weight is 1500 g/mol. The molecule has 0 spiro atoms. The summed E-state index contributed by atoms with van der Waals surface area (Å²) in [6.45, 7) is 26.3. The number of nitrogens with one attached hydrogen (secondary N) is 2. The van der Waals surface area contributed by atoms with Crippen LogP contribution in [0.15, 0.2) is 60.7 Å². The van der Waals surface area contributed by atoms with Gasteiger partial charge in [0.15, 0.2) is 0 Å². The fraction of sp³-hybridized carbons (Fsp3) is 0.798. The van der Waals surface area contributed by atoms with Crippen LogP contribution in [0.25, 0.3) is 0 Å². The maximum absolute atomic E-state index is 12.2. The lowest BCUT2D eigenvalue weighted by Crippen LogP contribution is -2.43. The Bertz CT molecular complexity index is 2690. The molecule has 1 saturated heterocycles. The number of morpholine rings is 1. The molecule has 0 radical (unpaired) electrons. The van der Waals surface area contributed by atoms with Crippen molar-refractivity contribution in [1.82, 2.24) is 20.0 Å². The summed E-state index contributed by atoms with van der Waals surface area (Å²) in [4.78, 5) is 74.5. The van der Waals surface area contributed by atoms with Gasteiger partial charge in [0.05, 0.1) is 44.6 Å². The van der Waals surface area contributed by atoms with Crippen LogP contribution < -0.4 is 10.6 Å². The summed E-state index contributed by atoms with van der Waals surface area (Å²) in [6, 6.07) is 19.9. The molecule has 2 aromatic carbocycles. The highest BCUT2D eigenvalue weighted by Crippen LogP contribution is 2.37. The minimum atomic E-state index is -0.612. The second kappa shape index (κ2) is 53.8. The van der Waals surface area contributed by atoms with Gasteiger partial charge in [0.2, 0.25) is 29.5 Å². The van der Waals surface area contributed by atoms with Gasteiger partial charge in [0.1, 0.15) is 6.79 Å². The van der Waals surface area contributed by atoms with E-state index in [9.17, 15) is 28.8 Å². The number of nitrogens with zero attached hydrogens (tertiary/aromatic N) is 3. The van der Waals surface area contributed by atoms with Crippen molar-refractivity contribution in [2.45, 2.75) is 267 Å². The van der Waals surface area contributed by atoms with Crippen LogP contribution in [0, 0.1) is 94.7 Å². The standard InChI is InChI=1S/C15H21NO.C13H17NO.C11H19NO2.C10H20O2.C9H17NO.C9H18O2.C8H15NO.C7H12O2.C7H14O/c1-12-8-9-14(10-12)15(17)16(2)11-13-6-4-3-5-7-13;1-10-7-8-11(9-10)13(15)14-12-5-3-2-4-6-12;1-9-2-3-10(8-9)11(13)12-4-6-14-7-5-12;1-9-3-5-10(6-4-9)12-8-7-11-2;1-7-4-5-8(6-7)9(11)10(2)3;1-8-3-5-9(6-4-8)11-7-10-2;1-6-3-4-7(5-6)8(10)9-2;1-5-2-3-6(4-5)7(8)9;1-6-2-3-7(4-6)5-8/h3-7,12,14H,8-11H2,1-2H3;2-6,10-11H,7-9H2,1H3,(H,14,15);9-10H,2-8H2,1H3;9-10H,3-8H2,1-2H3;7-8H,4-6H2,1-3H3;8-9H,3-7H2,1-2H3;6-7H,3-5H2,1-2H3,(H,9,10);5-6H,2-4H2,1H3,(H,8,9);6-8H,2-5H2,1H3/t12-,14?;10-,11?;9-,10?;;7-,8?;;6-,7?;5-,6?;6-,7?/m000.0.001/s1. The number of rotatable bonds is 17. The lowest BCUT2D eigenvalue weighted by molar-refractivity contribution is -0.141. The van der Waals surface area contributed by atoms with Crippen molar-refractivity contribution in [2.24, 2.45) is 94.7 Å². The van der Waals surface area contributed by atoms with E-state index < -0.39 is 5.97 Å². The SMILES string of the molecule is CNC(=O)C1CC[C@H](C)C1.COCCOC1CCC(C)CC1.COCOC1CCC(C)CC1.C[C@@H]1CCC(CO)C1.C[C@H]1CCC(C(=O)N(C)C)C1.C[C@H]1CCC(C(=O)N(C)Cc2ccccc2)C1.C[C@H]1CCC(C(=O)N2CCOCC2)C1.C[C@H]1CCC(C(=O)Nc2ccccc2)C1.C[C@H]1CCC(C(=O)O)C1. The summed E-state index contributed by atoms with van der Waals surface area (Å²) in [5.41, 5.74) is 2.11. The van der Waals surface area contributed by atoms with Gasteiger partial charge >= 0.3 is 5.97 Å². The number of carboxylic acids is 1. The van der Waals surface area contributed by atoms with Crippen molar-refractivity contribution in [1.29, 1.82) is 0 Å². The molecule has 9 saturated carbocycles. The molecule has 7 unspecified atom stereocenters. The Morgan fingerprint density at radius 1 is 0.458 bits per heavy atom. The minimum Gasteiger partial charge on any atom is -0.481 e. The van der Waals surface area contributed by atoms with E-state index in [0.29, 0.717) is 98.0 Å². The number of aliphatic carboxylic acids is 1. The van der Waals surface area contributed by atoms with Crippen LogP contribution in [0.4, 0.5) is 5.69 Å². The van der Waals surface area contributed by atoms with E-state index in [-0.39, 0.29) is 29.6 Å². The Morgan fingerprint density at radius 3 is 1.24 bits per heavy atom. The lowest BCUT2D eigenvalue weighted by Gasteiger charge is -2.29. The highest BCUT2D eigenvalue weighted by atomic mass is 16.7. The maximum atomic E-state index is 12.2. The summed E-state index contributed by atoms with van der Waals surface area (Å²) < 4.78 is 26.1. The van der Waals surface area contributed by atoms with Crippen molar-refractivity contribution in [3.8, 4) is 0 Å². The fourth-order valence-corrected chi connectivity index (χ4v) is 17.0. The molecule has 10 aliphatic rings. The molecule has 14 atom stereocenters. The third kappa shape index (κ3) is 39.2. The molecular formula is C89H153N5O13. The molecule has 9 aliphatic carbocycles. The summed E-state index contributed by atoms with van der Waals surface area (Å²) in [7, 11) is 10.7. The van der Waals surface area contributed by atoms with Gasteiger partial charge in [-0.1, -0.05) is 117 Å². The van der Waals surface area contributed by atoms with Crippen molar-refractivity contribution in [3.63, 3.8) is 0 Å². The first-order valence-electron chi connectivity index (χ1n) is 42.2. The molecule has 1 heterocycles. The Labute approximate surface area is 649 Å². The van der Waals surface area contributed by atoms with E-state index in [1.165, 1.54) is 108 Å². The predicted octanol–water partition coefficient (Wildman–Crippen LogP) is 17.4. The first-order valence-corrected chi connectivity index (χ1v) is 42.2. The number of hydrogen-bond acceptors (Lipinski definition) is 12. The van der Waals surface area contributed by atoms with Gasteiger partial charge in [0, 0.05) is 104 Å². The minimum absolute atomic E-state index is 0.0417. The van der Waals surface area contributed by atoms with Gasteiger partial charge in [-0.15, -0.1) is 0 Å². The number of methoxy groups -OCH3 is 2. The van der Waals surface area contributed by atoms with Crippen LogP contribution in [0.2, 0.25) is 0 Å². The summed E-state index contributed by atoms with van der Waals surface area (Å²) in [6.07, 6.45) is 34.7. The largest absolute Gasteiger partial charge is 0.481 e. The van der Waals surface area contributed by atoms with E-state index >= 15 is 0 Å². The molecule has 12 rings (SSSR count). The predicted molar refractivity (Wildman–Crippen MR) is 432 cm³/mol. The van der Waals surface area contributed by atoms with Gasteiger partial charge in [-0.25, -0.2) is 0 Å². The first kappa shape index (κ1) is 94.4. The third-order valence-corrected chi connectivity index (χ3v) is 24.0. The number of anilines is 1. The number of hydrogen-bond donors (Lipinski definition) is 4. The molecule has 5 amide bonds. The average Bonchev–Trinajstić information content (AvgIpc) is 1.79.